The second kappa shape index (κ2) is 5.50. The smallest absolute Gasteiger partial charge is 0.242 e. The van der Waals surface area contributed by atoms with Gasteiger partial charge in [-0.05, 0) is 43.8 Å². The molecule has 16 heavy (non-hydrogen) atoms. The number of hydrogen-bond acceptors (Lipinski definition) is 2. The average Bonchev–Trinajstić information content (AvgIpc) is 2.16. The maximum Gasteiger partial charge on any atom is 0.242 e. The fourth-order valence-corrected chi connectivity index (χ4v) is 2.46. The van der Waals surface area contributed by atoms with Gasteiger partial charge in [-0.1, -0.05) is 25.5 Å². The van der Waals surface area contributed by atoms with E-state index in [2.05, 4.69) is 38.7 Å². The quantitative estimate of drug-likeness (QED) is 0.793. The summed E-state index contributed by atoms with van der Waals surface area (Å²) in [5.41, 5.74) is 7.25. The van der Waals surface area contributed by atoms with E-state index in [0.717, 1.165) is 18.6 Å². The van der Waals surface area contributed by atoms with E-state index < -0.39 is 8.32 Å². The third-order valence-electron chi connectivity index (χ3n) is 2.33. The first-order chi connectivity index (χ1) is 7.42. The molecule has 2 nitrogen and oxygen atoms in total. The second-order valence-corrected chi connectivity index (χ2v) is 9.61. The summed E-state index contributed by atoms with van der Waals surface area (Å²) < 4.78 is 5.89. The Bertz CT molecular complexity index is 316. The lowest BCUT2D eigenvalue weighted by Crippen LogP contribution is -2.29. The zero-order chi connectivity index (χ0) is 12.2. The van der Waals surface area contributed by atoms with Crippen molar-refractivity contribution in [2.24, 2.45) is 5.73 Å². The molecule has 1 aromatic carbocycles. The van der Waals surface area contributed by atoms with Crippen molar-refractivity contribution < 1.29 is 4.43 Å². The Morgan fingerprint density at radius 2 is 1.75 bits per heavy atom. The Morgan fingerprint density at radius 3 is 2.19 bits per heavy atom. The van der Waals surface area contributed by atoms with E-state index >= 15 is 0 Å². The van der Waals surface area contributed by atoms with Gasteiger partial charge in [-0.25, -0.2) is 0 Å². The van der Waals surface area contributed by atoms with Crippen molar-refractivity contribution in [2.45, 2.75) is 45.4 Å². The maximum absolute atomic E-state index is 6.05. The molecule has 1 rings (SSSR count). The molecular formula is C13H23NOSi. The Morgan fingerprint density at radius 1 is 1.19 bits per heavy atom. The maximum atomic E-state index is 6.05. The van der Waals surface area contributed by atoms with Crippen LogP contribution in [0.15, 0.2) is 24.3 Å². The van der Waals surface area contributed by atoms with Crippen LogP contribution in [0.5, 0.6) is 5.75 Å². The molecule has 0 fully saturated rings. The van der Waals surface area contributed by atoms with E-state index in [0.29, 0.717) is 0 Å². The van der Waals surface area contributed by atoms with Crippen LogP contribution >= 0.6 is 0 Å². The van der Waals surface area contributed by atoms with Gasteiger partial charge in [0.2, 0.25) is 8.32 Å². The molecule has 0 aliphatic heterocycles. The van der Waals surface area contributed by atoms with Crippen LogP contribution in [0.4, 0.5) is 0 Å². The molecule has 0 heterocycles. The average molecular weight is 237 g/mol. The molecule has 0 amide bonds. The van der Waals surface area contributed by atoms with Crippen molar-refractivity contribution in [1.82, 2.24) is 0 Å². The first-order valence-corrected chi connectivity index (χ1v) is 9.38. The highest BCUT2D eigenvalue weighted by atomic mass is 28.4. The Balaban J connectivity index is 2.68. The van der Waals surface area contributed by atoms with Crippen molar-refractivity contribution in [3.63, 3.8) is 0 Å². The van der Waals surface area contributed by atoms with Crippen molar-refractivity contribution in [3.8, 4) is 5.75 Å². The monoisotopic (exact) mass is 237 g/mol. The molecule has 0 radical (unpaired) electrons. The van der Waals surface area contributed by atoms with Crippen LogP contribution in [-0.2, 0) is 0 Å². The highest BCUT2D eigenvalue weighted by molar-refractivity contribution is 6.70. The summed E-state index contributed by atoms with van der Waals surface area (Å²) in [6, 6.07) is 8.38. The predicted octanol–water partition coefficient (Wildman–Crippen LogP) is 3.70. The number of nitrogens with two attached hydrogens (primary N) is 1. The zero-order valence-electron chi connectivity index (χ0n) is 10.8. The van der Waals surface area contributed by atoms with Gasteiger partial charge in [0.15, 0.2) is 0 Å². The number of benzene rings is 1. The first kappa shape index (κ1) is 13.3. The van der Waals surface area contributed by atoms with E-state index in [1.165, 1.54) is 5.56 Å². The van der Waals surface area contributed by atoms with E-state index in [-0.39, 0.29) is 6.04 Å². The van der Waals surface area contributed by atoms with E-state index in [9.17, 15) is 0 Å². The van der Waals surface area contributed by atoms with Crippen LogP contribution in [0, 0.1) is 0 Å². The Hall–Kier alpha value is -0.803. The molecule has 0 saturated carbocycles. The molecule has 0 saturated heterocycles. The van der Waals surface area contributed by atoms with Gasteiger partial charge in [0.25, 0.3) is 0 Å². The summed E-state index contributed by atoms with van der Waals surface area (Å²) in [5.74, 6) is 0.964. The molecule has 2 N–H and O–H groups in total. The lowest BCUT2D eigenvalue weighted by atomic mass is 10.0. The van der Waals surface area contributed by atoms with E-state index in [4.69, 9.17) is 10.2 Å². The van der Waals surface area contributed by atoms with Crippen LogP contribution in [0.3, 0.4) is 0 Å². The van der Waals surface area contributed by atoms with Crippen LogP contribution in [0.2, 0.25) is 19.6 Å². The summed E-state index contributed by atoms with van der Waals surface area (Å²) in [5, 5.41) is 0. The molecule has 0 spiro atoms. The first-order valence-electron chi connectivity index (χ1n) is 5.97. The normalized spacial score (nSPS) is 13.6. The van der Waals surface area contributed by atoms with Crippen LogP contribution in [0.1, 0.15) is 31.4 Å². The molecule has 1 atom stereocenters. The molecule has 0 bridgehead atoms. The second-order valence-electron chi connectivity index (χ2n) is 5.18. The topological polar surface area (TPSA) is 35.2 Å². The molecule has 90 valence electrons. The van der Waals surface area contributed by atoms with Gasteiger partial charge in [0, 0.05) is 6.04 Å². The van der Waals surface area contributed by atoms with Gasteiger partial charge in [-0.2, -0.15) is 0 Å². The molecule has 1 aromatic rings. The van der Waals surface area contributed by atoms with Crippen molar-refractivity contribution in [3.05, 3.63) is 29.8 Å². The summed E-state index contributed by atoms with van der Waals surface area (Å²) >= 11 is 0. The summed E-state index contributed by atoms with van der Waals surface area (Å²) in [7, 11) is -1.49. The minimum Gasteiger partial charge on any atom is -0.544 e. The third kappa shape index (κ3) is 4.37. The largest absolute Gasteiger partial charge is 0.544 e. The van der Waals surface area contributed by atoms with Crippen LogP contribution < -0.4 is 10.2 Å². The van der Waals surface area contributed by atoms with Crippen LogP contribution in [0.25, 0.3) is 0 Å². The van der Waals surface area contributed by atoms with Gasteiger partial charge in [-0.3, -0.25) is 0 Å². The third-order valence-corrected chi connectivity index (χ3v) is 3.18. The molecule has 0 aliphatic carbocycles. The lowest BCUT2D eigenvalue weighted by molar-refractivity contribution is 0.556. The molecule has 0 aliphatic rings. The minimum atomic E-state index is -1.49. The van der Waals surface area contributed by atoms with Gasteiger partial charge in [-0.15, -0.1) is 0 Å². The van der Waals surface area contributed by atoms with Crippen molar-refractivity contribution >= 4 is 8.32 Å². The fraction of sp³-hybridized carbons (Fsp3) is 0.538. The van der Waals surface area contributed by atoms with Gasteiger partial charge < -0.3 is 10.2 Å². The minimum absolute atomic E-state index is 0.158. The van der Waals surface area contributed by atoms with E-state index in [1.807, 2.05) is 12.1 Å². The van der Waals surface area contributed by atoms with Crippen molar-refractivity contribution in [1.29, 1.82) is 0 Å². The predicted molar refractivity (Wildman–Crippen MR) is 72.3 cm³/mol. The van der Waals surface area contributed by atoms with Gasteiger partial charge >= 0.3 is 0 Å². The highest BCUT2D eigenvalue weighted by Gasteiger charge is 2.16. The fourth-order valence-electron chi connectivity index (χ4n) is 1.61. The number of hydrogen-bond donors (Lipinski definition) is 1. The van der Waals surface area contributed by atoms with Crippen LogP contribution in [-0.4, -0.2) is 8.32 Å². The summed E-state index contributed by atoms with van der Waals surface area (Å²) in [6.45, 7) is 8.71. The van der Waals surface area contributed by atoms with Gasteiger partial charge in [0.1, 0.15) is 5.75 Å². The Labute approximate surface area is 99.9 Å². The molecule has 0 aromatic heterocycles. The van der Waals surface area contributed by atoms with Crippen molar-refractivity contribution in [2.75, 3.05) is 0 Å². The molecule has 3 heteroatoms. The Kier molecular flexibility index (Phi) is 4.56. The zero-order valence-corrected chi connectivity index (χ0v) is 11.8. The molecule has 0 unspecified atom stereocenters. The van der Waals surface area contributed by atoms with E-state index in [1.54, 1.807) is 0 Å². The van der Waals surface area contributed by atoms with Gasteiger partial charge in [0.05, 0.1) is 0 Å². The lowest BCUT2D eigenvalue weighted by Gasteiger charge is -2.19. The summed E-state index contributed by atoms with van der Waals surface area (Å²) in [4.78, 5) is 0. The standard InChI is InChI=1S/C13H23NOSi/c1-5-6-13(14)11-7-9-12(10-8-11)15-16(2,3)4/h7-10,13H,5-6,14H2,1-4H3/t13-/m1/s1. The highest BCUT2D eigenvalue weighted by Crippen LogP contribution is 2.21. The number of rotatable bonds is 5. The SMILES string of the molecule is CCC[C@@H](N)c1ccc(O[Si](C)(C)C)cc1. The molecular weight excluding hydrogens is 214 g/mol. The summed E-state index contributed by atoms with van der Waals surface area (Å²) in [6.07, 6.45) is 2.16.